The van der Waals surface area contributed by atoms with Gasteiger partial charge in [-0.05, 0) is 12.1 Å². The third kappa shape index (κ3) is 2.02. The molecular weight excluding hydrogens is 254 g/mol. The molecule has 0 bridgehead atoms. The van der Waals surface area contributed by atoms with Crippen molar-refractivity contribution >= 4 is 45.9 Å². The molecule has 0 radical (unpaired) electrons. The highest BCUT2D eigenvalue weighted by Crippen LogP contribution is 2.14. The summed E-state index contributed by atoms with van der Waals surface area (Å²) >= 11 is 6.32. The molecule has 0 aliphatic rings. The maximum atomic E-state index is 5.19. The Bertz CT molecular complexity index is 625. The highest BCUT2D eigenvalue weighted by atomic mass is 32.1. The summed E-state index contributed by atoms with van der Waals surface area (Å²) in [6.45, 7) is 0. The Labute approximate surface area is 106 Å². The summed E-state index contributed by atoms with van der Waals surface area (Å²) in [5.41, 5.74) is 2.52. The van der Waals surface area contributed by atoms with Crippen LogP contribution in [0.15, 0.2) is 30.5 Å². The van der Waals surface area contributed by atoms with E-state index >= 15 is 0 Å². The second kappa shape index (κ2) is 4.19. The molecule has 84 valence electrons. The van der Waals surface area contributed by atoms with Gasteiger partial charge < -0.3 is 10.3 Å². The first-order valence-corrected chi connectivity index (χ1v) is 6.00. The van der Waals surface area contributed by atoms with Crippen molar-refractivity contribution in [2.24, 2.45) is 0 Å². The summed E-state index contributed by atoms with van der Waals surface area (Å²) in [6, 6.07) is 7.79. The van der Waals surface area contributed by atoms with Gasteiger partial charge in [-0.3, -0.25) is 0 Å². The number of anilines is 1. The van der Waals surface area contributed by atoms with Crippen LogP contribution in [-0.2, 0) is 0 Å². The third-order valence-electron chi connectivity index (χ3n) is 2.22. The molecule has 2 N–H and O–H groups in total. The summed E-state index contributed by atoms with van der Waals surface area (Å²) in [5, 5.41) is 3.00. The van der Waals surface area contributed by atoms with E-state index in [1.54, 1.807) is 6.20 Å². The van der Waals surface area contributed by atoms with Crippen LogP contribution in [0.5, 0.6) is 0 Å². The first-order valence-electron chi connectivity index (χ1n) is 4.86. The van der Waals surface area contributed by atoms with Gasteiger partial charge in [-0.25, -0.2) is 4.98 Å². The molecule has 2 heterocycles. The predicted octanol–water partition coefficient (Wildman–Crippen LogP) is 2.20. The van der Waals surface area contributed by atoms with E-state index in [9.17, 15) is 0 Å². The second-order valence-corrected chi connectivity index (χ2v) is 4.31. The molecule has 5 nitrogen and oxygen atoms in total. The molecule has 0 saturated heterocycles. The molecule has 0 aliphatic carbocycles. The smallest absolute Gasteiger partial charge is 0.206 e. The van der Waals surface area contributed by atoms with Crippen molar-refractivity contribution in [3.63, 3.8) is 0 Å². The lowest BCUT2D eigenvalue weighted by molar-refractivity contribution is 1.33. The van der Waals surface area contributed by atoms with E-state index in [-0.39, 0.29) is 0 Å². The summed E-state index contributed by atoms with van der Waals surface area (Å²) in [5.74, 6) is 0.615. The Kier molecular flexibility index (Phi) is 2.54. The van der Waals surface area contributed by atoms with E-state index in [1.165, 1.54) is 0 Å². The van der Waals surface area contributed by atoms with E-state index in [0.717, 1.165) is 22.8 Å². The number of nitrogens with zero attached hydrogens (tertiary/aromatic N) is 3. The Morgan fingerprint density at radius 3 is 3.00 bits per heavy atom. The number of rotatable bonds is 2. The monoisotopic (exact) mass is 261 g/mol. The number of para-hydroxylation sites is 2. The Balaban J connectivity index is 1.88. The number of aromatic nitrogens is 4. The van der Waals surface area contributed by atoms with Crippen LogP contribution >= 0.6 is 23.9 Å². The third-order valence-corrected chi connectivity index (χ3v) is 3.00. The average molecular weight is 261 g/mol. The molecule has 7 heteroatoms. The fraction of sp³-hybridized carbons (Fsp3) is 0. The van der Waals surface area contributed by atoms with E-state index in [2.05, 4.69) is 24.0 Å². The number of aromatic amines is 1. The fourth-order valence-electron chi connectivity index (χ4n) is 1.45. The minimum atomic E-state index is 0.512. The van der Waals surface area contributed by atoms with Crippen molar-refractivity contribution in [3.05, 3.63) is 36.2 Å². The predicted molar refractivity (Wildman–Crippen MR) is 71.3 cm³/mol. The summed E-state index contributed by atoms with van der Waals surface area (Å²) < 4.78 is 7.95. The minimum Gasteiger partial charge on any atom is -0.324 e. The molecule has 2 aromatic heterocycles. The maximum absolute atomic E-state index is 5.19. The van der Waals surface area contributed by atoms with Gasteiger partial charge >= 0.3 is 0 Å². The molecular formula is C10H7N5S2. The maximum Gasteiger partial charge on any atom is 0.206 e. The van der Waals surface area contributed by atoms with Crippen LogP contribution in [0.4, 0.5) is 5.95 Å². The molecule has 3 rings (SSSR count). The highest BCUT2D eigenvalue weighted by molar-refractivity contribution is 7.81. The number of H-pyrrole nitrogens is 1. The number of nitrogens with one attached hydrogen (secondary N) is 2. The molecule has 0 unspecified atom stereocenters. The number of imidazole rings is 1. The van der Waals surface area contributed by atoms with Crippen molar-refractivity contribution in [1.82, 2.24) is 18.7 Å². The largest absolute Gasteiger partial charge is 0.324 e. The molecule has 0 atom stereocenters. The van der Waals surface area contributed by atoms with Gasteiger partial charge in [0.15, 0.2) is 0 Å². The van der Waals surface area contributed by atoms with E-state index in [0.29, 0.717) is 16.6 Å². The van der Waals surface area contributed by atoms with E-state index < -0.39 is 0 Å². The molecule has 17 heavy (non-hydrogen) atoms. The quantitative estimate of drug-likeness (QED) is 0.692. The summed E-state index contributed by atoms with van der Waals surface area (Å²) in [4.78, 5) is 8.01. The number of hydrogen-bond donors (Lipinski definition) is 2. The SMILES string of the molecule is S=C(Nc1nc2ccccc2[nH]1)c1cnsn1. The lowest BCUT2D eigenvalue weighted by Crippen LogP contribution is -2.11. The highest BCUT2D eigenvalue weighted by Gasteiger charge is 2.07. The number of hydrogen-bond acceptors (Lipinski definition) is 5. The number of fused-ring (bicyclic) bond motifs is 1. The summed E-state index contributed by atoms with van der Waals surface area (Å²) in [7, 11) is 0. The lowest BCUT2D eigenvalue weighted by atomic mass is 10.3. The van der Waals surface area contributed by atoms with Gasteiger partial charge in [-0.1, -0.05) is 24.4 Å². The lowest BCUT2D eigenvalue weighted by Gasteiger charge is -1.99. The molecule has 3 aromatic rings. The zero-order chi connectivity index (χ0) is 11.7. The molecule has 1 aromatic carbocycles. The van der Waals surface area contributed by atoms with Gasteiger partial charge in [0.25, 0.3) is 0 Å². The van der Waals surface area contributed by atoms with Crippen molar-refractivity contribution in [1.29, 1.82) is 0 Å². The van der Waals surface area contributed by atoms with E-state index in [1.807, 2.05) is 24.3 Å². The van der Waals surface area contributed by atoms with Crippen LogP contribution in [-0.4, -0.2) is 23.7 Å². The van der Waals surface area contributed by atoms with Crippen LogP contribution in [0.3, 0.4) is 0 Å². The van der Waals surface area contributed by atoms with Crippen molar-refractivity contribution in [3.8, 4) is 0 Å². The Hall–Kier alpha value is -1.86. The van der Waals surface area contributed by atoms with Crippen LogP contribution in [0.25, 0.3) is 11.0 Å². The molecule has 0 spiro atoms. The molecule has 0 aliphatic heterocycles. The van der Waals surface area contributed by atoms with Crippen LogP contribution < -0.4 is 5.32 Å². The Morgan fingerprint density at radius 2 is 2.24 bits per heavy atom. The van der Waals surface area contributed by atoms with Crippen LogP contribution in [0, 0.1) is 0 Å². The average Bonchev–Trinajstić information content (AvgIpc) is 2.97. The van der Waals surface area contributed by atoms with Crippen LogP contribution in [0.1, 0.15) is 5.69 Å². The zero-order valence-electron chi connectivity index (χ0n) is 8.54. The first kappa shape index (κ1) is 10.3. The minimum absolute atomic E-state index is 0.512. The van der Waals surface area contributed by atoms with Crippen molar-refractivity contribution < 1.29 is 0 Å². The van der Waals surface area contributed by atoms with Crippen molar-refractivity contribution in [2.45, 2.75) is 0 Å². The van der Waals surface area contributed by atoms with Gasteiger partial charge in [-0.15, -0.1) is 0 Å². The molecule has 0 amide bonds. The van der Waals surface area contributed by atoms with Gasteiger partial charge in [-0.2, -0.15) is 8.75 Å². The molecule has 0 fully saturated rings. The second-order valence-electron chi connectivity index (χ2n) is 3.35. The molecule has 0 saturated carbocycles. The zero-order valence-corrected chi connectivity index (χ0v) is 10.2. The first-order chi connectivity index (χ1) is 8.33. The Morgan fingerprint density at radius 1 is 1.35 bits per heavy atom. The van der Waals surface area contributed by atoms with E-state index in [4.69, 9.17) is 12.2 Å². The standard InChI is InChI=1S/C10H7N5S2/c16-9(8-5-11-17-15-8)14-10-12-6-3-1-2-4-7(6)13-10/h1-5H,(H2,12,13,14,16). The van der Waals surface area contributed by atoms with Gasteiger partial charge in [0, 0.05) is 0 Å². The van der Waals surface area contributed by atoms with Gasteiger partial charge in [0.1, 0.15) is 10.7 Å². The topological polar surface area (TPSA) is 66.5 Å². The van der Waals surface area contributed by atoms with Crippen LogP contribution in [0.2, 0.25) is 0 Å². The summed E-state index contributed by atoms with van der Waals surface area (Å²) in [6.07, 6.45) is 1.63. The number of benzene rings is 1. The van der Waals surface area contributed by atoms with Crippen molar-refractivity contribution in [2.75, 3.05) is 5.32 Å². The van der Waals surface area contributed by atoms with Gasteiger partial charge in [0.05, 0.1) is 29.0 Å². The normalized spacial score (nSPS) is 10.6. The number of thiocarbonyl (C=S) groups is 1. The fourth-order valence-corrected chi connectivity index (χ4v) is 2.12. The van der Waals surface area contributed by atoms with Gasteiger partial charge in [0.2, 0.25) is 5.95 Å².